The number of nitrogens with one attached hydrogen (secondary N) is 1. The van der Waals surface area contributed by atoms with Crippen LogP contribution >= 0.6 is 23.4 Å². The number of benzene rings is 2. The maximum Gasteiger partial charge on any atom is 0.235 e. The summed E-state index contributed by atoms with van der Waals surface area (Å²) in [5, 5.41) is 13.6. The highest BCUT2D eigenvalue weighted by molar-refractivity contribution is 8.04. The summed E-state index contributed by atoms with van der Waals surface area (Å²) in [4.78, 5) is 16.3. The normalized spacial score (nSPS) is 10.6. The van der Waals surface area contributed by atoms with Gasteiger partial charge in [-0.25, -0.2) is 4.98 Å². The third-order valence-electron chi connectivity index (χ3n) is 3.61. The van der Waals surface area contributed by atoms with Crippen molar-refractivity contribution in [1.82, 2.24) is 4.98 Å². The van der Waals surface area contributed by atoms with Crippen molar-refractivity contribution < 1.29 is 9.21 Å². The van der Waals surface area contributed by atoms with Gasteiger partial charge in [-0.05, 0) is 54.1 Å². The summed E-state index contributed by atoms with van der Waals surface area (Å²) in [5.74, 6) is 0.206. The van der Waals surface area contributed by atoms with Crippen LogP contribution in [0.2, 0.25) is 5.02 Å². The number of halogens is 1. The largest absolute Gasteiger partial charge is 0.436 e. The second kappa shape index (κ2) is 7.60. The highest BCUT2D eigenvalue weighted by Gasteiger charge is 2.14. The van der Waals surface area contributed by atoms with Gasteiger partial charge in [0.15, 0.2) is 5.58 Å². The highest BCUT2D eigenvalue weighted by atomic mass is 35.5. The van der Waals surface area contributed by atoms with Gasteiger partial charge < -0.3 is 9.73 Å². The second-order valence-electron chi connectivity index (χ2n) is 5.30. The van der Waals surface area contributed by atoms with Gasteiger partial charge in [0.05, 0.1) is 16.3 Å². The summed E-state index contributed by atoms with van der Waals surface area (Å²) in [6.07, 6.45) is 0.918. The molecule has 1 heterocycles. The van der Waals surface area contributed by atoms with E-state index < -0.39 is 0 Å². The molecule has 0 radical (unpaired) electrons. The number of amides is 1. The summed E-state index contributed by atoms with van der Waals surface area (Å²) >= 11 is 7.16. The van der Waals surface area contributed by atoms with Crippen molar-refractivity contribution in [3.8, 4) is 16.9 Å². The summed E-state index contributed by atoms with van der Waals surface area (Å²) < 4.78 is 5.80. The van der Waals surface area contributed by atoms with E-state index in [1.54, 1.807) is 18.2 Å². The molecule has 0 saturated carbocycles. The molecule has 3 aromatic rings. The molecule has 0 unspecified atom stereocenters. The van der Waals surface area contributed by atoms with Gasteiger partial charge >= 0.3 is 0 Å². The number of oxazole rings is 1. The van der Waals surface area contributed by atoms with E-state index in [4.69, 9.17) is 21.3 Å². The van der Waals surface area contributed by atoms with Crippen LogP contribution in [0.3, 0.4) is 0 Å². The Morgan fingerprint density at radius 3 is 2.96 bits per heavy atom. The van der Waals surface area contributed by atoms with Gasteiger partial charge in [-0.15, -0.1) is 0 Å². The number of nitriles is 1. The Hall–Kier alpha value is -2.49. The number of carbonyl (C=O) groups excluding carboxylic acids is 1. The van der Waals surface area contributed by atoms with Gasteiger partial charge in [-0.1, -0.05) is 24.6 Å². The number of anilines is 1. The number of thioether (sulfide) groups is 1. The Bertz CT molecular complexity index is 978. The number of aryl methyl sites for hydroxylation is 1. The Kier molecular flexibility index (Phi) is 5.27. The van der Waals surface area contributed by atoms with Gasteiger partial charge in [-0.2, -0.15) is 5.26 Å². The molecule has 25 heavy (non-hydrogen) atoms. The Morgan fingerprint density at radius 1 is 1.36 bits per heavy atom. The van der Waals surface area contributed by atoms with Crippen molar-refractivity contribution in [1.29, 1.82) is 5.26 Å². The van der Waals surface area contributed by atoms with E-state index in [2.05, 4.69) is 17.2 Å². The lowest BCUT2D eigenvalue weighted by Crippen LogP contribution is -2.13. The lowest BCUT2D eigenvalue weighted by molar-refractivity contribution is -0.113. The van der Waals surface area contributed by atoms with Crippen LogP contribution in [-0.4, -0.2) is 16.6 Å². The maximum absolute atomic E-state index is 11.8. The molecule has 0 bridgehead atoms. The standard InChI is InChI=1S/C18H14ClN3O2S/c1-2-11-3-6-16-15(7-11)22-18(24-16)13-8-12(4-5-14(13)19)21-17(23)9-25-10-20/h3-8H,2,9H2,1H3,(H,21,23). The first-order chi connectivity index (χ1) is 12.1. The summed E-state index contributed by atoms with van der Waals surface area (Å²) in [7, 11) is 0. The van der Waals surface area contributed by atoms with Gasteiger partial charge in [0.2, 0.25) is 11.8 Å². The molecule has 5 nitrogen and oxygen atoms in total. The minimum Gasteiger partial charge on any atom is -0.436 e. The van der Waals surface area contributed by atoms with Gasteiger partial charge in [0, 0.05) is 5.69 Å². The van der Waals surface area contributed by atoms with Crippen LogP contribution in [0.1, 0.15) is 12.5 Å². The molecule has 0 aliphatic carbocycles. The quantitative estimate of drug-likeness (QED) is 0.647. The number of nitrogens with zero attached hydrogens (tertiary/aromatic N) is 2. The summed E-state index contributed by atoms with van der Waals surface area (Å²) in [6, 6.07) is 11.0. The predicted molar refractivity (Wildman–Crippen MR) is 101 cm³/mol. The Labute approximate surface area is 154 Å². The third-order valence-corrected chi connectivity index (χ3v) is 4.47. The lowest BCUT2D eigenvalue weighted by Gasteiger charge is -2.06. The van der Waals surface area contributed by atoms with Crippen LogP contribution in [0, 0.1) is 10.7 Å². The smallest absolute Gasteiger partial charge is 0.235 e. The average molecular weight is 372 g/mol. The molecule has 2 aromatic carbocycles. The molecular formula is C18H14ClN3O2S. The fourth-order valence-electron chi connectivity index (χ4n) is 2.37. The Morgan fingerprint density at radius 2 is 2.20 bits per heavy atom. The van der Waals surface area contributed by atoms with Crippen LogP contribution in [0.4, 0.5) is 5.69 Å². The van der Waals surface area contributed by atoms with Gasteiger partial charge in [0.25, 0.3) is 0 Å². The number of hydrogen-bond acceptors (Lipinski definition) is 5. The molecule has 1 N–H and O–H groups in total. The molecule has 0 spiro atoms. The summed E-state index contributed by atoms with van der Waals surface area (Å²) in [6.45, 7) is 2.08. The molecule has 1 amide bonds. The van der Waals surface area contributed by atoms with Crippen molar-refractivity contribution in [3.05, 3.63) is 47.0 Å². The zero-order valence-corrected chi connectivity index (χ0v) is 14.9. The Balaban J connectivity index is 1.92. The average Bonchev–Trinajstić information content (AvgIpc) is 3.04. The molecule has 0 aliphatic heterocycles. The van der Waals surface area contributed by atoms with Crippen LogP contribution in [0.5, 0.6) is 0 Å². The molecule has 3 rings (SSSR count). The number of carbonyl (C=O) groups is 1. The maximum atomic E-state index is 11.8. The predicted octanol–water partition coefficient (Wildman–Crippen LogP) is 4.86. The van der Waals surface area contributed by atoms with Crippen molar-refractivity contribution >= 4 is 46.1 Å². The summed E-state index contributed by atoms with van der Waals surface area (Å²) in [5.41, 5.74) is 3.80. The monoisotopic (exact) mass is 371 g/mol. The molecule has 0 saturated heterocycles. The molecular weight excluding hydrogens is 358 g/mol. The van der Waals surface area contributed by atoms with Crippen molar-refractivity contribution in [2.24, 2.45) is 0 Å². The number of aromatic nitrogens is 1. The zero-order valence-electron chi connectivity index (χ0n) is 13.4. The minimum absolute atomic E-state index is 0.0666. The fourth-order valence-corrected chi connectivity index (χ4v) is 2.84. The third kappa shape index (κ3) is 3.95. The van der Waals surface area contributed by atoms with Crippen molar-refractivity contribution in [2.45, 2.75) is 13.3 Å². The topological polar surface area (TPSA) is 78.9 Å². The van der Waals surface area contributed by atoms with E-state index >= 15 is 0 Å². The molecule has 0 aliphatic rings. The van der Waals surface area contributed by atoms with E-state index in [-0.39, 0.29) is 11.7 Å². The van der Waals surface area contributed by atoms with Gasteiger partial charge in [0.1, 0.15) is 10.9 Å². The van der Waals surface area contributed by atoms with Gasteiger partial charge in [-0.3, -0.25) is 4.79 Å². The fraction of sp³-hybridized carbons (Fsp3) is 0.167. The first-order valence-corrected chi connectivity index (χ1v) is 8.97. The second-order valence-corrected chi connectivity index (χ2v) is 6.46. The molecule has 0 fully saturated rings. The number of hydrogen-bond donors (Lipinski definition) is 1. The van der Waals surface area contributed by atoms with Crippen LogP contribution in [-0.2, 0) is 11.2 Å². The first kappa shape index (κ1) is 17.3. The highest BCUT2D eigenvalue weighted by Crippen LogP contribution is 2.32. The number of thiocyanates is 1. The SMILES string of the molecule is CCc1ccc2oc(-c3cc(NC(=O)CSC#N)ccc3Cl)nc2c1. The van der Waals surface area contributed by atoms with Crippen LogP contribution in [0.15, 0.2) is 40.8 Å². The van der Waals surface area contributed by atoms with Crippen LogP contribution < -0.4 is 5.32 Å². The van der Waals surface area contributed by atoms with E-state index in [0.717, 1.165) is 23.7 Å². The van der Waals surface area contributed by atoms with Crippen LogP contribution in [0.25, 0.3) is 22.6 Å². The van der Waals surface area contributed by atoms with E-state index in [1.807, 2.05) is 23.6 Å². The molecule has 0 atom stereocenters. The molecule has 126 valence electrons. The van der Waals surface area contributed by atoms with E-state index in [0.29, 0.717) is 27.7 Å². The van der Waals surface area contributed by atoms with E-state index in [9.17, 15) is 4.79 Å². The number of rotatable bonds is 5. The van der Waals surface area contributed by atoms with Crippen molar-refractivity contribution in [3.63, 3.8) is 0 Å². The first-order valence-electron chi connectivity index (χ1n) is 7.61. The van der Waals surface area contributed by atoms with E-state index in [1.165, 1.54) is 5.56 Å². The van der Waals surface area contributed by atoms with Crippen molar-refractivity contribution in [2.75, 3.05) is 11.1 Å². The number of fused-ring (bicyclic) bond motifs is 1. The lowest BCUT2D eigenvalue weighted by atomic mass is 10.1. The molecule has 1 aromatic heterocycles. The molecule has 7 heteroatoms. The zero-order chi connectivity index (χ0) is 17.8. The minimum atomic E-state index is -0.259.